The van der Waals surface area contributed by atoms with Crippen LogP contribution in [0.3, 0.4) is 0 Å². The molecule has 0 bridgehead atoms. The first-order chi connectivity index (χ1) is 3.42. The molecule has 0 aliphatic heterocycles. The molecule has 0 aromatic heterocycles. The summed E-state index contributed by atoms with van der Waals surface area (Å²) in [4.78, 5) is 25.5. The summed E-state index contributed by atoms with van der Waals surface area (Å²) in [6.45, 7) is 0.916. The molecule has 10 heteroatoms. The first-order valence-electron chi connectivity index (χ1n) is 1.67. The van der Waals surface area contributed by atoms with Gasteiger partial charge >= 0.3 is 102 Å². The first kappa shape index (κ1) is 29.5. The largest absolute Gasteiger partial charge is 0 e. The van der Waals surface area contributed by atoms with Gasteiger partial charge in [0, 0.05) is 26.4 Å². The second-order valence-electron chi connectivity index (χ2n) is 1.07. The van der Waals surface area contributed by atoms with Gasteiger partial charge in [-0.05, 0) is 0 Å². The van der Waals surface area contributed by atoms with Gasteiger partial charge in [-0.25, -0.2) is 4.57 Å². The molecule has 0 spiro atoms. The molecule has 0 unspecified atom stereocenters. The van der Waals surface area contributed by atoms with Gasteiger partial charge in [0.1, 0.15) is 0 Å². The van der Waals surface area contributed by atoms with Crippen molar-refractivity contribution in [2.75, 3.05) is 0 Å². The van der Waals surface area contributed by atoms with E-state index in [1.807, 2.05) is 0 Å². The monoisotopic (exact) mass is 276 g/mol. The van der Waals surface area contributed by atoms with Crippen molar-refractivity contribution >= 4 is 102 Å². The Balaban J connectivity index is -0.0000000408. The van der Waals surface area contributed by atoms with Crippen LogP contribution in [0, 0.1) is 0 Å². The van der Waals surface area contributed by atoms with E-state index in [1.54, 1.807) is 0 Å². The molecule has 0 saturated carbocycles. The van der Waals surface area contributed by atoms with E-state index in [4.69, 9.17) is 9.79 Å². The molecular formula is C2H8Na3O5PZn. The second-order valence-corrected chi connectivity index (χ2v) is 2.24. The molecule has 0 saturated heterocycles. The van der Waals surface area contributed by atoms with Crippen LogP contribution in [0.1, 0.15) is 6.92 Å². The summed E-state index contributed by atoms with van der Waals surface area (Å²) in [7, 11) is -4.57. The third-order valence-corrected chi connectivity index (χ3v) is 0.742. The molecule has 0 amide bonds. The van der Waals surface area contributed by atoms with Gasteiger partial charge in [0.05, 0.1) is 0 Å². The Labute approximate surface area is 150 Å². The van der Waals surface area contributed by atoms with E-state index < -0.39 is 13.8 Å². The quantitative estimate of drug-likeness (QED) is 0.416. The van der Waals surface area contributed by atoms with Crippen molar-refractivity contribution in [2.45, 2.75) is 6.92 Å². The summed E-state index contributed by atoms with van der Waals surface area (Å²) < 4.78 is 13.2. The van der Waals surface area contributed by atoms with E-state index in [0.717, 1.165) is 6.92 Å². The maximum atomic E-state index is 9.74. The minimum Gasteiger partial charge on any atom is 0 e. The number of hydrogen-bond acceptors (Lipinski definition) is 3. The Morgan fingerprint density at radius 1 is 1.25 bits per heavy atom. The average Bonchev–Trinajstić information content (AvgIpc) is 1.21. The fourth-order valence-corrected chi connectivity index (χ4v) is 0.502. The van der Waals surface area contributed by atoms with Gasteiger partial charge in [0.2, 0.25) is 0 Å². The van der Waals surface area contributed by atoms with Crippen molar-refractivity contribution < 1.29 is 43.1 Å². The van der Waals surface area contributed by atoms with E-state index in [9.17, 15) is 9.36 Å². The smallest absolute Gasteiger partial charge is 0 e. The van der Waals surface area contributed by atoms with E-state index in [0.29, 0.717) is 0 Å². The van der Waals surface area contributed by atoms with Crippen molar-refractivity contribution in [2.24, 2.45) is 0 Å². The van der Waals surface area contributed by atoms with Crippen LogP contribution in [0.4, 0.5) is 0 Å². The van der Waals surface area contributed by atoms with Crippen LogP contribution in [-0.4, -0.2) is 104 Å². The summed E-state index contributed by atoms with van der Waals surface area (Å²) in [6.07, 6.45) is 0. The predicted molar refractivity (Wildman–Crippen MR) is 45.3 cm³/mol. The Morgan fingerprint density at radius 3 is 1.50 bits per heavy atom. The van der Waals surface area contributed by atoms with E-state index in [1.165, 1.54) is 0 Å². The molecule has 0 radical (unpaired) electrons. The Kier molecular flexibility index (Phi) is 35.0. The van der Waals surface area contributed by atoms with Gasteiger partial charge in [-0.1, -0.05) is 0 Å². The predicted octanol–water partition coefficient (Wildman–Crippen LogP) is -2.31. The van der Waals surface area contributed by atoms with Crippen LogP contribution in [-0.2, 0) is 33.4 Å². The van der Waals surface area contributed by atoms with E-state index in [2.05, 4.69) is 4.52 Å². The number of carbonyl (C=O) groups is 1. The number of carbonyl (C=O) groups excluding carboxylic acids is 1. The fourth-order valence-electron chi connectivity index (χ4n) is 0.167. The fraction of sp³-hybridized carbons (Fsp3) is 0.500. The van der Waals surface area contributed by atoms with E-state index >= 15 is 0 Å². The number of rotatable bonds is 1. The van der Waals surface area contributed by atoms with Gasteiger partial charge in [-0.3, -0.25) is 14.6 Å². The number of hydrogen-bond donors (Lipinski definition) is 2. The first-order valence-corrected chi connectivity index (χ1v) is 3.20. The molecule has 5 nitrogen and oxygen atoms in total. The maximum absolute atomic E-state index is 9.74. The van der Waals surface area contributed by atoms with Gasteiger partial charge in [-0.15, -0.1) is 0 Å². The number of phosphoric ester groups is 1. The molecule has 0 atom stereocenters. The molecule has 0 rings (SSSR count). The Morgan fingerprint density at radius 2 is 1.50 bits per heavy atom. The minimum absolute atomic E-state index is 0. The SMILES string of the molecule is CC(=O)OP(=O)(O)O.[NaH].[NaH].[NaH].[Zn]. The summed E-state index contributed by atoms with van der Waals surface area (Å²) in [5.41, 5.74) is 0. The zero-order chi connectivity index (χ0) is 6.78. The van der Waals surface area contributed by atoms with Crippen molar-refractivity contribution in [3.8, 4) is 0 Å². The van der Waals surface area contributed by atoms with E-state index in [-0.39, 0.29) is 108 Å². The van der Waals surface area contributed by atoms with Crippen molar-refractivity contribution in [3.05, 3.63) is 0 Å². The maximum Gasteiger partial charge on any atom is 0 e. The van der Waals surface area contributed by atoms with Crippen LogP contribution in [0.5, 0.6) is 0 Å². The molecule has 0 aliphatic rings. The average molecular weight is 277 g/mol. The van der Waals surface area contributed by atoms with Crippen LogP contribution in [0.25, 0.3) is 0 Å². The van der Waals surface area contributed by atoms with Crippen molar-refractivity contribution in [1.82, 2.24) is 0 Å². The molecule has 56 valence electrons. The molecule has 0 aromatic carbocycles. The number of phosphoric acid groups is 1. The third kappa shape index (κ3) is 29.2. The summed E-state index contributed by atoms with van der Waals surface area (Å²) in [5.74, 6) is -0.988. The van der Waals surface area contributed by atoms with Crippen molar-refractivity contribution in [1.29, 1.82) is 0 Å². The van der Waals surface area contributed by atoms with Gasteiger partial charge in [-0.2, -0.15) is 0 Å². The Bertz CT molecular complexity index is 148. The van der Waals surface area contributed by atoms with Gasteiger partial charge < -0.3 is 4.52 Å². The molecule has 0 fully saturated rings. The summed E-state index contributed by atoms with van der Waals surface area (Å²) >= 11 is 0. The molecule has 2 N–H and O–H groups in total. The molecule has 0 aromatic rings. The molecular weight excluding hydrogens is 269 g/mol. The zero-order valence-corrected chi connectivity index (χ0v) is 8.64. The standard InChI is InChI=1S/C2H5O5P.3Na.Zn.3H/c1-2(3)7-8(4,5)6;;;;;;;/h1H3,(H2,4,5,6);;;;;;;. The van der Waals surface area contributed by atoms with Gasteiger partial charge in [0.15, 0.2) is 0 Å². The van der Waals surface area contributed by atoms with Crippen LogP contribution in [0.2, 0.25) is 0 Å². The van der Waals surface area contributed by atoms with Crippen molar-refractivity contribution in [3.63, 3.8) is 0 Å². The van der Waals surface area contributed by atoms with Crippen LogP contribution >= 0.6 is 7.82 Å². The Hall–Kier alpha value is 3.24. The second kappa shape index (κ2) is 14.2. The molecule has 0 aliphatic carbocycles. The third-order valence-electron chi connectivity index (χ3n) is 0.247. The summed E-state index contributed by atoms with van der Waals surface area (Å²) in [5, 5.41) is 0. The zero-order valence-electron chi connectivity index (χ0n) is 4.77. The summed E-state index contributed by atoms with van der Waals surface area (Å²) in [6, 6.07) is 0. The topological polar surface area (TPSA) is 83.8 Å². The van der Waals surface area contributed by atoms with Crippen LogP contribution in [0.15, 0.2) is 0 Å². The normalized spacial score (nSPS) is 7.25. The van der Waals surface area contributed by atoms with Crippen LogP contribution < -0.4 is 0 Å². The molecule has 0 heterocycles. The minimum atomic E-state index is -4.57. The molecule has 12 heavy (non-hydrogen) atoms. The van der Waals surface area contributed by atoms with Gasteiger partial charge in [0.25, 0.3) is 0 Å².